The van der Waals surface area contributed by atoms with E-state index >= 15 is 0 Å². The smallest absolute Gasteiger partial charge is 0.255 e. The van der Waals surface area contributed by atoms with Crippen molar-refractivity contribution in [2.45, 2.75) is 46.3 Å². The van der Waals surface area contributed by atoms with E-state index in [0.717, 1.165) is 49.6 Å². The molecule has 2 aromatic rings. The Bertz CT molecular complexity index is 708. The second-order valence-corrected chi connectivity index (χ2v) is 6.54. The van der Waals surface area contributed by atoms with Gasteiger partial charge in [0, 0.05) is 37.9 Å². The lowest BCUT2D eigenvalue weighted by molar-refractivity contribution is 0.0936. The number of nitrogens with zero attached hydrogens (tertiary/aromatic N) is 3. The number of carbonyl (C=O) groups is 1. The van der Waals surface area contributed by atoms with Gasteiger partial charge in [0.05, 0.1) is 11.3 Å². The van der Waals surface area contributed by atoms with Crippen LogP contribution in [-0.4, -0.2) is 39.7 Å². The van der Waals surface area contributed by atoms with Crippen molar-refractivity contribution in [2.75, 3.05) is 13.1 Å². The number of aromatic nitrogens is 2. The van der Waals surface area contributed by atoms with Gasteiger partial charge >= 0.3 is 0 Å². The summed E-state index contributed by atoms with van der Waals surface area (Å²) in [7, 11) is 0. The van der Waals surface area contributed by atoms with E-state index < -0.39 is 0 Å². The summed E-state index contributed by atoms with van der Waals surface area (Å²) in [4.78, 5) is 15.1. The second-order valence-electron chi connectivity index (χ2n) is 6.54. The van der Waals surface area contributed by atoms with Crippen molar-refractivity contribution in [2.24, 2.45) is 0 Å². The van der Waals surface area contributed by atoms with Crippen LogP contribution in [0.25, 0.3) is 0 Å². The monoisotopic (exact) mass is 326 g/mol. The third kappa shape index (κ3) is 3.51. The van der Waals surface area contributed by atoms with Crippen LogP contribution in [-0.2, 0) is 13.1 Å². The summed E-state index contributed by atoms with van der Waals surface area (Å²) in [5.41, 5.74) is 3.82. The highest BCUT2D eigenvalue weighted by Gasteiger charge is 2.26. The standard InChI is InChI=1S/C19H26N4O/c1-4-23-15(3)18(14(2)21-23)19(24)20-17-10-11-22(13-17)12-16-8-6-5-7-9-16/h5-9,17H,4,10-13H2,1-3H3,(H,20,24)/t17-/m0/s1. The molecule has 1 saturated heterocycles. The predicted molar refractivity (Wildman–Crippen MR) is 95.0 cm³/mol. The number of carbonyl (C=O) groups excluding carboxylic acids is 1. The van der Waals surface area contributed by atoms with E-state index in [0.29, 0.717) is 0 Å². The van der Waals surface area contributed by atoms with Crippen molar-refractivity contribution in [1.82, 2.24) is 20.0 Å². The van der Waals surface area contributed by atoms with Crippen molar-refractivity contribution in [1.29, 1.82) is 0 Å². The van der Waals surface area contributed by atoms with Crippen LogP contribution in [0.2, 0.25) is 0 Å². The quantitative estimate of drug-likeness (QED) is 0.918. The first-order chi connectivity index (χ1) is 11.6. The average Bonchev–Trinajstić information content (AvgIpc) is 3.12. The highest BCUT2D eigenvalue weighted by molar-refractivity contribution is 5.96. The van der Waals surface area contributed by atoms with Gasteiger partial charge in [0.1, 0.15) is 0 Å². The lowest BCUT2D eigenvalue weighted by Crippen LogP contribution is -2.37. The molecule has 1 aliphatic heterocycles. The van der Waals surface area contributed by atoms with Crippen molar-refractivity contribution < 1.29 is 4.79 Å². The van der Waals surface area contributed by atoms with Crippen molar-refractivity contribution >= 4 is 5.91 Å². The van der Waals surface area contributed by atoms with Gasteiger partial charge in [0.25, 0.3) is 5.91 Å². The number of nitrogens with one attached hydrogen (secondary N) is 1. The van der Waals surface area contributed by atoms with Gasteiger partial charge in [0.2, 0.25) is 0 Å². The molecule has 1 aromatic heterocycles. The van der Waals surface area contributed by atoms with Gasteiger partial charge < -0.3 is 5.32 Å². The van der Waals surface area contributed by atoms with Crippen LogP contribution in [0.5, 0.6) is 0 Å². The molecule has 1 N–H and O–H groups in total. The molecule has 5 heteroatoms. The molecule has 0 radical (unpaired) electrons. The van der Waals surface area contributed by atoms with E-state index in [1.807, 2.05) is 31.5 Å². The molecule has 1 aliphatic rings. The molecular formula is C19H26N4O. The normalized spacial score (nSPS) is 18.0. The Balaban J connectivity index is 1.59. The van der Waals surface area contributed by atoms with Gasteiger partial charge in [0.15, 0.2) is 0 Å². The van der Waals surface area contributed by atoms with E-state index in [9.17, 15) is 4.79 Å². The van der Waals surface area contributed by atoms with Crippen LogP contribution in [0.4, 0.5) is 0 Å². The molecule has 1 amide bonds. The Hall–Kier alpha value is -2.14. The Morgan fingerprint density at radius 1 is 1.29 bits per heavy atom. The third-order valence-electron chi connectivity index (χ3n) is 4.76. The number of amides is 1. The molecule has 3 rings (SSSR count). The molecule has 0 aliphatic carbocycles. The van der Waals surface area contributed by atoms with E-state index in [-0.39, 0.29) is 11.9 Å². The molecule has 0 saturated carbocycles. The highest BCUT2D eigenvalue weighted by Crippen LogP contribution is 2.16. The van der Waals surface area contributed by atoms with Gasteiger partial charge in [-0.25, -0.2) is 0 Å². The van der Waals surface area contributed by atoms with Crippen molar-refractivity contribution in [3.8, 4) is 0 Å². The zero-order chi connectivity index (χ0) is 17.1. The summed E-state index contributed by atoms with van der Waals surface area (Å²) in [5, 5.41) is 7.64. The number of hydrogen-bond donors (Lipinski definition) is 1. The summed E-state index contributed by atoms with van der Waals surface area (Å²) in [5.74, 6) is 0.0104. The van der Waals surface area contributed by atoms with Crippen LogP contribution < -0.4 is 5.32 Å². The number of rotatable bonds is 5. The van der Waals surface area contributed by atoms with Gasteiger partial charge in [-0.1, -0.05) is 30.3 Å². The van der Waals surface area contributed by atoms with Crippen LogP contribution in [0.3, 0.4) is 0 Å². The average molecular weight is 326 g/mol. The summed E-state index contributed by atoms with van der Waals surface area (Å²) in [6, 6.07) is 10.7. The SMILES string of the molecule is CCn1nc(C)c(C(=O)N[C@H]2CCN(Cc3ccccc3)C2)c1C. The van der Waals surface area contributed by atoms with Crippen molar-refractivity contribution in [3.63, 3.8) is 0 Å². The molecule has 24 heavy (non-hydrogen) atoms. The highest BCUT2D eigenvalue weighted by atomic mass is 16.1. The van der Waals surface area contributed by atoms with E-state index in [2.05, 4.69) is 39.6 Å². The van der Waals surface area contributed by atoms with Crippen LogP contribution >= 0.6 is 0 Å². The first-order valence-electron chi connectivity index (χ1n) is 8.69. The lowest BCUT2D eigenvalue weighted by atomic mass is 10.1. The van der Waals surface area contributed by atoms with E-state index in [4.69, 9.17) is 0 Å². The van der Waals surface area contributed by atoms with Gasteiger partial charge in [-0.05, 0) is 32.8 Å². The van der Waals surface area contributed by atoms with Crippen LogP contribution in [0.15, 0.2) is 30.3 Å². The summed E-state index contributed by atoms with van der Waals surface area (Å²) >= 11 is 0. The molecule has 0 bridgehead atoms. The number of aryl methyl sites for hydroxylation is 2. The van der Waals surface area contributed by atoms with Crippen LogP contribution in [0, 0.1) is 13.8 Å². The summed E-state index contributed by atoms with van der Waals surface area (Å²) in [6.07, 6.45) is 0.999. The maximum absolute atomic E-state index is 12.7. The molecule has 2 heterocycles. The van der Waals surface area contributed by atoms with Gasteiger partial charge in [-0.2, -0.15) is 5.10 Å². The Labute approximate surface area is 143 Å². The van der Waals surface area contributed by atoms with E-state index in [1.165, 1.54) is 5.56 Å². The molecule has 5 nitrogen and oxygen atoms in total. The Kier molecular flexibility index (Phi) is 5.00. The molecule has 128 valence electrons. The first-order valence-corrected chi connectivity index (χ1v) is 8.69. The molecule has 0 spiro atoms. The van der Waals surface area contributed by atoms with E-state index in [1.54, 1.807) is 0 Å². The topological polar surface area (TPSA) is 50.2 Å². The number of likely N-dealkylation sites (tertiary alicyclic amines) is 1. The zero-order valence-electron chi connectivity index (χ0n) is 14.7. The molecule has 1 atom stereocenters. The second kappa shape index (κ2) is 7.18. The number of hydrogen-bond acceptors (Lipinski definition) is 3. The minimum absolute atomic E-state index is 0.0104. The molecule has 1 aromatic carbocycles. The third-order valence-corrected chi connectivity index (χ3v) is 4.76. The largest absolute Gasteiger partial charge is 0.348 e. The van der Waals surface area contributed by atoms with Crippen molar-refractivity contribution in [3.05, 3.63) is 52.8 Å². The fraction of sp³-hybridized carbons (Fsp3) is 0.474. The maximum atomic E-state index is 12.7. The first kappa shape index (κ1) is 16.7. The minimum atomic E-state index is 0.0104. The molecular weight excluding hydrogens is 300 g/mol. The molecule has 1 fully saturated rings. The maximum Gasteiger partial charge on any atom is 0.255 e. The molecule has 0 unspecified atom stereocenters. The summed E-state index contributed by atoms with van der Waals surface area (Å²) < 4.78 is 1.89. The zero-order valence-corrected chi connectivity index (χ0v) is 14.7. The lowest BCUT2D eigenvalue weighted by Gasteiger charge is -2.17. The fourth-order valence-corrected chi connectivity index (χ4v) is 3.53. The fourth-order valence-electron chi connectivity index (χ4n) is 3.53. The summed E-state index contributed by atoms with van der Waals surface area (Å²) in [6.45, 7) is 9.57. The van der Waals surface area contributed by atoms with Gasteiger partial charge in [-0.3, -0.25) is 14.4 Å². The van der Waals surface area contributed by atoms with Crippen LogP contribution in [0.1, 0.15) is 40.7 Å². The van der Waals surface area contributed by atoms with Gasteiger partial charge in [-0.15, -0.1) is 0 Å². The Morgan fingerprint density at radius 3 is 2.71 bits per heavy atom. The minimum Gasteiger partial charge on any atom is -0.348 e. The Morgan fingerprint density at radius 2 is 2.04 bits per heavy atom. The predicted octanol–water partition coefficient (Wildman–Crippen LogP) is 2.52. The number of benzene rings is 1.